The lowest BCUT2D eigenvalue weighted by atomic mass is 10.1. The van der Waals surface area contributed by atoms with Crippen molar-refractivity contribution in [1.82, 2.24) is 4.79 Å². The predicted octanol–water partition coefficient (Wildman–Crippen LogP) is 1.33. The molecule has 1 unspecified atom stereocenters. The van der Waals surface area contributed by atoms with Crippen molar-refractivity contribution in [3.63, 3.8) is 0 Å². The van der Waals surface area contributed by atoms with Crippen molar-refractivity contribution >= 4 is 16.9 Å². The van der Waals surface area contributed by atoms with Crippen LogP contribution >= 0.6 is 0 Å². The molecule has 1 aromatic heterocycles. The molecule has 0 bridgehead atoms. The van der Waals surface area contributed by atoms with E-state index < -0.39 is 12.0 Å². The molecule has 1 atom stereocenters. The lowest BCUT2D eigenvalue weighted by molar-refractivity contribution is -0.138. The van der Waals surface area contributed by atoms with Crippen LogP contribution in [0.3, 0.4) is 0 Å². The molecule has 2 aromatic rings. The Labute approximate surface area is 91.0 Å². The van der Waals surface area contributed by atoms with Gasteiger partial charge in [-0.1, -0.05) is 22.7 Å². The first-order valence-electron chi connectivity index (χ1n) is 4.83. The number of nitrogens with two attached hydrogens (primary N) is 1. The Bertz CT molecular complexity index is 536. The molecule has 5 heteroatoms. The highest BCUT2D eigenvalue weighted by molar-refractivity contribution is 5.84. The molecule has 2 rings (SSSR count). The summed E-state index contributed by atoms with van der Waals surface area (Å²) >= 11 is 0. The number of hydrogen-bond acceptors (Lipinski definition) is 2. The van der Waals surface area contributed by atoms with Crippen LogP contribution in [0.15, 0.2) is 30.5 Å². The fourth-order valence-corrected chi connectivity index (χ4v) is 1.69. The Hall–Kier alpha value is -1.88. The number of hydrogen-bond donors (Lipinski definition) is 2. The molecule has 1 aromatic carbocycles. The van der Waals surface area contributed by atoms with E-state index in [4.69, 9.17) is 10.8 Å². The molecule has 84 valence electrons. The van der Waals surface area contributed by atoms with Crippen LogP contribution in [0.25, 0.3) is 10.9 Å². The summed E-state index contributed by atoms with van der Waals surface area (Å²) < 4.78 is 13.4. The average molecular weight is 222 g/mol. The second-order valence-corrected chi connectivity index (χ2v) is 3.63. The van der Waals surface area contributed by atoms with Gasteiger partial charge >= 0.3 is 5.97 Å². The van der Waals surface area contributed by atoms with Gasteiger partial charge in [-0.05, 0) is 11.6 Å². The van der Waals surface area contributed by atoms with Gasteiger partial charge < -0.3 is 10.8 Å². The van der Waals surface area contributed by atoms with E-state index in [1.807, 2.05) is 0 Å². The minimum absolute atomic E-state index is 0.118. The van der Waals surface area contributed by atoms with E-state index in [0.717, 1.165) is 0 Å². The molecule has 0 aliphatic carbocycles. The lowest BCUT2D eigenvalue weighted by Gasteiger charge is -2.04. The molecule has 0 aliphatic heterocycles. The van der Waals surface area contributed by atoms with E-state index in [-0.39, 0.29) is 6.42 Å². The minimum Gasteiger partial charge on any atom is -0.480 e. The molecule has 0 spiro atoms. The third-order valence-electron chi connectivity index (χ3n) is 2.51. The number of carboxylic acid groups (broad SMARTS) is 1. The summed E-state index contributed by atoms with van der Waals surface area (Å²) in [6, 6.07) is 5.86. The normalized spacial score (nSPS) is 12.9. The van der Waals surface area contributed by atoms with Gasteiger partial charge in [0.2, 0.25) is 0 Å². The maximum atomic E-state index is 13.4. The lowest BCUT2D eigenvalue weighted by Crippen LogP contribution is -2.32. The van der Waals surface area contributed by atoms with Gasteiger partial charge in [-0.3, -0.25) is 4.79 Å². The largest absolute Gasteiger partial charge is 0.480 e. The second-order valence-electron chi connectivity index (χ2n) is 3.63. The average Bonchev–Trinajstić information content (AvgIpc) is 2.57. The first-order valence-corrected chi connectivity index (χ1v) is 4.83. The minimum atomic E-state index is -1.09. The van der Waals surface area contributed by atoms with E-state index in [0.29, 0.717) is 21.3 Å². The third-order valence-corrected chi connectivity index (χ3v) is 2.51. The van der Waals surface area contributed by atoms with Gasteiger partial charge in [-0.15, -0.1) is 0 Å². The zero-order chi connectivity index (χ0) is 11.7. The van der Waals surface area contributed by atoms with Crippen LogP contribution in [0.4, 0.5) is 4.48 Å². The van der Waals surface area contributed by atoms with Crippen molar-refractivity contribution in [2.45, 2.75) is 12.5 Å². The molecule has 0 fully saturated rings. The SMILES string of the molecule is NC(Cc1cn(F)c2ccccc12)C(=O)O. The van der Waals surface area contributed by atoms with Gasteiger partial charge in [0.25, 0.3) is 0 Å². The number of fused-ring (bicyclic) bond motifs is 1. The number of aliphatic carboxylic acids is 1. The molecule has 0 aliphatic rings. The van der Waals surface area contributed by atoms with E-state index in [1.54, 1.807) is 24.3 Å². The van der Waals surface area contributed by atoms with Gasteiger partial charge in [0.15, 0.2) is 0 Å². The number of carboxylic acids is 1. The summed E-state index contributed by atoms with van der Waals surface area (Å²) in [6.07, 6.45) is 1.39. The van der Waals surface area contributed by atoms with Crippen molar-refractivity contribution in [3.05, 3.63) is 36.0 Å². The number of halogens is 1. The Kier molecular flexibility index (Phi) is 2.62. The maximum Gasteiger partial charge on any atom is 0.320 e. The van der Waals surface area contributed by atoms with Gasteiger partial charge in [0, 0.05) is 18.0 Å². The Morgan fingerprint density at radius 1 is 1.50 bits per heavy atom. The smallest absolute Gasteiger partial charge is 0.320 e. The van der Waals surface area contributed by atoms with Crippen molar-refractivity contribution in [1.29, 1.82) is 0 Å². The first-order chi connectivity index (χ1) is 7.59. The van der Waals surface area contributed by atoms with Crippen LogP contribution in [0.1, 0.15) is 5.56 Å². The highest BCUT2D eigenvalue weighted by Gasteiger charge is 2.16. The van der Waals surface area contributed by atoms with E-state index in [9.17, 15) is 9.28 Å². The second kappa shape index (κ2) is 3.94. The molecule has 0 amide bonds. The number of aromatic nitrogens is 1. The number of nitrogens with zero attached hydrogens (tertiary/aromatic N) is 1. The standard InChI is InChI=1S/C11H11FN2O2/c12-14-6-7(5-9(13)11(15)16)8-3-1-2-4-10(8)14/h1-4,6,9H,5,13H2,(H,15,16). The molecular weight excluding hydrogens is 211 g/mol. The van der Waals surface area contributed by atoms with Gasteiger partial charge in [-0.25, -0.2) is 0 Å². The molecule has 0 radical (unpaired) electrons. The van der Waals surface area contributed by atoms with Gasteiger partial charge in [0.05, 0.1) is 5.52 Å². The molecule has 1 heterocycles. The van der Waals surface area contributed by atoms with Crippen LogP contribution < -0.4 is 5.73 Å². The van der Waals surface area contributed by atoms with Crippen LogP contribution in [-0.2, 0) is 11.2 Å². The zero-order valence-electron chi connectivity index (χ0n) is 8.43. The number of para-hydroxylation sites is 1. The summed E-state index contributed by atoms with van der Waals surface area (Å²) in [5, 5.41) is 9.39. The molecular formula is C11H11FN2O2. The van der Waals surface area contributed by atoms with E-state index >= 15 is 0 Å². The van der Waals surface area contributed by atoms with E-state index in [2.05, 4.69) is 0 Å². The fraction of sp³-hybridized carbons (Fsp3) is 0.182. The zero-order valence-corrected chi connectivity index (χ0v) is 8.43. The Morgan fingerprint density at radius 3 is 2.88 bits per heavy atom. The third kappa shape index (κ3) is 1.77. The molecule has 3 N–H and O–H groups in total. The van der Waals surface area contributed by atoms with Crippen LogP contribution in [0, 0.1) is 0 Å². The first kappa shape index (κ1) is 10.6. The maximum absolute atomic E-state index is 13.4. The summed E-state index contributed by atoms with van der Waals surface area (Å²) in [7, 11) is 0. The highest BCUT2D eigenvalue weighted by Crippen LogP contribution is 2.22. The van der Waals surface area contributed by atoms with Crippen molar-refractivity contribution in [2.24, 2.45) is 5.73 Å². The van der Waals surface area contributed by atoms with Crippen LogP contribution in [0.5, 0.6) is 0 Å². The molecule has 16 heavy (non-hydrogen) atoms. The van der Waals surface area contributed by atoms with Gasteiger partial charge in [0.1, 0.15) is 6.04 Å². The number of benzene rings is 1. The predicted molar refractivity (Wildman–Crippen MR) is 57.8 cm³/mol. The monoisotopic (exact) mass is 222 g/mol. The van der Waals surface area contributed by atoms with Crippen molar-refractivity contribution in [3.8, 4) is 0 Å². The van der Waals surface area contributed by atoms with Gasteiger partial charge in [-0.2, -0.15) is 4.79 Å². The quantitative estimate of drug-likeness (QED) is 0.823. The highest BCUT2D eigenvalue weighted by atomic mass is 19.2. The van der Waals surface area contributed by atoms with Crippen molar-refractivity contribution in [2.75, 3.05) is 0 Å². The Morgan fingerprint density at radius 2 is 2.19 bits per heavy atom. The molecule has 0 saturated heterocycles. The summed E-state index contributed by atoms with van der Waals surface area (Å²) in [5.74, 6) is -1.09. The summed E-state index contributed by atoms with van der Waals surface area (Å²) in [6.45, 7) is 0. The topological polar surface area (TPSA) is 68.2 Å². The summed E-state index contributed by atoms with van der Waals surface area (Å²) in [5.41, 5.74) is 6.45. The fourth-order valence-electron chi connectivity index (χ4n) is 1.69. The molecule has 0 saturated carbocycles. The van der Waals surface area contributed by atoms with E-state index in [1.165, 1.54) is 6.20 Å². The Balaban J connectivity index is 2.42. The summed E-state index contributed by atoms with van der Waals surface area (Å²) in [4.78, 5) is 11.1. The molecule has 4 nitrogen and oxygen atoms in total. The number of carbonyl (C=O) groups is 1. The van der Waals surface area contributed by atoms with Crippen LogP contribution in [-0.4, -0.2) is 21.9 Å². The van der Waals surface area contributed by atoms with Crippen LogP contribution in [0.2, 0.25) is 0 Å². The van der Waals surface area contributed by atoms with Crippen molar-refractivity contribution < 1.29 is 14.4 Å². The number of rotatable bonds is 3.